The summed E-state index contributed by atoms with van der Waals surface area (Å²) in [6, 6.07) is 0. The third kappa shape index (κ3) is 9760. The Hall–Kier alpha value is -0.765. The fourth-order valence-electron chi connectivity index (χ4n) is 0. The van der Waals surface area contributed by atoms with E-state index in [1.807, 2.05) is 0 Å². The van der Waals surface area contributed by atoms with Crippen LogP contribution in [-0.2, 0) is 0 Å². The maximum Gasteiger partial charge on any atom is 0.673 e. The zero-order chi connectivity index (χ0) is 19.5. The van der Waals surface area contributed by atoms with E-state index < -0.39 is 21.8 Å². The molecule has 0 aromatic heterocycles. The molecule has 0 rings (SSSR count). The van der Waals surface area contributed by atoms with Crippen molar-refractivity contribution >= 4 is 21.8 Å². The first-order chi connectivity index (χ1) is 9.00. The first kappa shape index (κ1) is 36.9. The first-order valence-electron chi connectivity index (χ1n) is 4.12. The highest BCUT2D eigenvalue weighted by Crippen LogP contribution is 2.07. The van der Waals surface area contributed by atoms with Gasteiger partial charge in [0.1, 0.15) is 21.3 Å². The normalized spacial score (nSPS) is 9.43. The summed E-state index contributed by atoms with van der Waals surface area (Å²) in [5.74, 6) is 0. The topological polar surface area (TPSA) is 68.7 Å². The van der Waals surface area contributed by atoms with Gasteiger partial charge in [0, 0.05) is 0 Å². The Morgan fingerprint density at radius 2 is 0.333 bits per heavy atom. The van der Waals surface area contributed by atoms with Crippen LogP contribution in [0.5, 0.6) is 0 Å². The highest BCUT2D eigenvalue weighted by atomic mass is 19.5. The molecule has 6 N–H and O–H groups in total. The Bertz CT molecular complexity index is 110. The van der Waals surface area contributed by atoms with Crippen LogP contribution < -0.4 is 0 Å². The van der Waals surface area contributed by atoms with Crippen LogP contribution in [0.2, 0.25) is 0 Å². The molecule has 0 unspecified atom stereocenters. The van der Waals surface area contributed by atoms with Gasteiger partial charge in [-0.05, 0) is 0 Å². The summed E-state index contributed by atoms with van der Waals surface area (Å²) in [7, 11) is -14.2. The number of rotatable bonds is 0. The minimum Gasteiger partial charge on any atom is -0.448 e. The zero-order valence-corrected chi connectivity index (χ0v) is 10.8. The summed E-state index contributed by atoms with van der Waals surface area (Å²) < 4.78 is 117. The summed E-state index contributed by atoms with van der Waals surface area (Å²) in [4.78, 5) is 0. The van der Waals surface area contributed by atoms with Gasteiger partial charge >= 0.3 is 21.8 Å². The maximum atomic E-state index is 9.75. The monoisotopic (exact) mass is 360 g/mol. The second-order valence-corrected chi connectivity index (χ2v) is 1.48. The molecule has 0 aromatic carbocycles. The molecule has 18 heteroatoms. The lowest BCUT2D eigenvalue weighted by molar-refractivity contribution is 0.366. The summed E-state index contributed by atoms with van der Waals surface area (Å²) in [6.07, 6.45) is 0. The molecule has 21 heavy (non-hydrogen) atoms. The van der Waals surface area contributed by atoms with E-state index in [0.29, 0.717) is 0 Å². The lowest BCUT2D eigenvalue weighted by Gasteiger charge is -1.94. The molecule has 0 aliphatic rings. The molecule has 0 amide bonds. The molecule has 0 bridgehead atoms. The Kier molecular flexibility index (Phi) is 37.9. The molecular weight excluding hydrogens is 344 g/mol. The maximum absolute atomic E-state index is 9.75. The van der Waals surface area contributed by atoms with Gasteiger partial charge in [-0.2, -0.15) is 0 Å². The fraction of sp³-hybridized carbons (Fsp3) is 1.00. The van der Waals surface area contributed by atoms with Gasteiger partial charge in [-0.3, -0.25) is 0 Å². The van der Waals surface area contributed by atoms with E-state index in [-0.39, 0.29) is 0 Å². The Labute approximate surface area is 111 Å². The average Bonchev–Trinajstić information content (AvgIpc) is 2.18. The highest BCUT2D eigenvalue weighted by Gasteiger charge is 2.21. The summed E-state index contributed by atoms with van der Waals surface area (Å²) >= 11 is 0. The van der Waals surface area contributed by atoms with Crippen LogP contribution in [0.15, 0.2) is 0 Å². The molecule has 0 spiro atoms. The molecule has 0 aliphatic carbocycles. The van der Waals surface area contributed by atoms with Gasteiger partial charge in [0.05, 0.1) is 0 Å². The number of hydrogen-bond acceptors (Lipinski definition) is 0. The molecule has 0 saturated heterocycles. The smallest absolute Gasteiger partial charge is 0.448 e. The van der Waals surface area contributed by atoms with E-state index in [1.165, 1.54) is 21.3 Å². The van der Waals surface area contributed by atoms with E-state index in [9.17, 15) is 51.8 Å². The quantitative estimate of drug-likeness (QED) is 0.360. The zero-order valence-electron chi connectivity index (χ0n) is 10.8. The lowest BCUT2D eigenvalue weighted by atomic mass is 10.3. The standard InChI is InChI=1S/3CH4O.3BF4/c3*1-2;3*2-1(3,4)5/h3*2H,1H3;;;/q;;;3*-1/p+3. The van der Waals surface area contributed by atoms with Crippen LogP contribution in [-0.4, -0.2) is 58.4 Å². The van der Waals surface area contributed by atoms with Crippen molar-refractivity contribution in [1.29, 1.82) is 0 Å². The van der Waals surface area contributed by atoms with Gasteiger partial charge < -0.3 is 67.1 Å². The molecule has 0 atom stereocenters. The minimum atomic E-state index is -6.00. The molecule has 0 radical (unpaired) electrons. The first-order valence-corrected chi connectivity index (χ1v) is 4.12. The van der Waals surface area contributed by atoms with E-state index in [1.54, 1.807) is 0 Å². The van der Waals surface area contributed by atoms with Crippen LogP contribution in [0, 0.1) is 0 Å². The van der Waals surface area contributed by atoms with E-state index >= 15 is 0 Å². The van der Waals surface area contributed by atoms with Gasteiger partial charge in [-0.25, -0.2) is 0 Å². The van der Waals surface area contributed by atoms with Crippen molar-refractivity contribution in [2.75, 3.05) is 21.3 Å². The van der Waals surface area contributed by atoms with Gasteiger partial charge in [-0.15, -0.1) is 0 Å². The third-order valence-electron chi connectivity index (χ3n) is 0. The van der Waals surface area contributed by atoms with Crippen molar-refractivity contribution in [3.8, 4) is 0 Å². The molecular formula is C3H15B3F12O3. The lowest BCUT2D eigenvalue weighted by Crippen LogP contribution is -2.02. The molecule has 0 saturated carbocycles. The Balaban J connectivity index is -0.0000000340. The molecule has 138 valence electrons. The van der Waals surface area contributed by atoms with Gasteiger partial charge in [0.25, 0.3) is 0 Å². The van der Waals surface area contributed by atoms with Crippen molar-refractivity contribution in [2.24, 2.45) is 0 Å². The molecule has 0 aliphatic heterocycles. The predicted octanol–water partition coefficient (Wildman–Crippen LogP) is 1.92. The van der Waals surface area contributed by atoms with Gasteiger partial charge in [0.15, 0.2) is 0 Å². The highest BCUT2D eigenvalue weighted by molar-refractivity contribution is 6.50. The van der Waals surface area contributed by atoms with Crippen molar-refractivity contribution in [3.63, 3.8) is 0 Å². The molecule has 3 nitrogen and oxygen atoms in total. The molecule has 0 fully saturated rings. The summed E-state index contributed by atoms with van der Waals surface area (Å²) in [5, 5.41) is 17.2. The molecule has 0 heterocycles. The van der Waals surface area contributed by atoms with Crippen molar-refractivity contribution in [2.45, 2.75) is 0 Å². The van der Waals surface area contributed by atoms with Crippen molar-refractivity contribution in [3.05, 3.63) is 0 Å². The Morgan fingerprint density at radius 1 is 0.333 bits per heavy atom. The molecule has 0 aromatic rings. The van der Waals surface area contributed by atoms with Crippen molar-refractivity contribution < 1.29 is 67.1 Å². The minimum absolute atomic E-state index is 1.25. The van der Waals surface area contributed by atoms with Crippen LogP contribution in [0.25, 0.3) is 0 Å². The van der Waals surface area contributed by atoms with Gasteiger partial charge in [-0.1, -0.05) is 0 Å². The number of hydrogen-bond donors (Lipinski definition) is 0. The third-order valence-corrected chi connectivity index (χ3v) is 0. The van der Waals surface area contributed by atoms with Crippen molar-refractivity contribution in [1.82, 2.24) is 0 Å². The second-order valence-electron chi connectivity index (χ2n) is 1.48. The van der Waals surface area contributed by atoms with Crippen LogP contribution >= 0.6 is 0 Å². The van der Waals surface area contributed by atoms with E-state index in [2.05, 4.69) is 0 Å². The number of halogens is 12. The van der Waals surface area contributed by atoms with E-state index in [4.69, 9.17) is 15.3 Å². The predicted molar refractivity (Wildman–Crippen MR) is 59.2 cm³/mol. The SMILES string of the molecule is C[OH2+].C[OH2+].C[OH2+].F[B-](F)(F)F.F[B-](F)(F)F.F[B-](F)(F)F. The largest absolute Gasteiger partial charge is 0.673 e. The summed E-state index contributed by atoms with van der Waals surface area (Å²) in [5.41, 5.74) is 0. The van der Waals surface area contributed by atoms with E-state index in [0.717, 1.165) is 0 Å². The second kappa shape index (κ2) is 21.5. The van der Waals surface area contributed by atoms with Crippen LogP contribution in [0.1, 0.15) is 0 Å². The van der Waals surface area contributed by atoms with Crippen LogP contribution in [0.3, 0.4) is 0 Å². The Morgan fingerprint density at radius 3 is 0.333 bits per heavy atom. The fourth-order valence-corrected chi connectivity index (χ4v) is 0. The average molecular weight is 360 g/mol. The van der Waals surface area contributed by atoms with Gasteiger partial charge in [0.2, 0.25) is 0 Å². The summed E-state index contributed by atoms with van der Waals surface area (Å²) in [6.45, 7) is 0. The van der Waals surface area contributed by atoms with Crippen LogP contribution in [0.4, 0.5) is 51.8 Å².